The van der Waals surface area contributed by atoms with Crippen molar-refractivity contribution in [3.05, 3.63) is 47.5 Å². The van der Waals surface area contributed by atoms with E-state index in [0.29, 0.717) is 11.5 Å². The van der Waals surface area contributed by atoms with Gasteiger partial charge in [0.2, 0.25) is 22.7 Å². The van der Waals surface area contributed by atoms with E-state index in [0.717, 1.165) is 16.8 Å². The molecule has 130 valence electrons. The fraction of sp³-hybridized carbons (Fsp3) is 0.235. The summed E-state index contributed by atoms with van der Waals surface area (Å²) in [5, 5.41) is 0. The number of likely N-dealkylation sites (N-methyl/N-ethyl adjacent to an activating group) is 1. The molecule has 2 aromatic carbocycles. The van der Waals surface area contributed by atoms with E-state index in [9.17, 15) is 13.2 Å². The Morgan fingerprint density at radius 3 is 2.76 bits per heavy atom. The molecule has 4 rings (SSSR count). The molecule has 0 radical (unpaired) electrons. The Morgan fingerprint density at radius 2 is 1.92 bits per heavy atom. The zero-order valence-corrected chi connectivity index (χ0v) is 14.3. The van der Waals surface area contributed by atoms with Crippen molar-refractivity contribution in [1.82, 2.24) is 4.72 Å². The quantitative estimate of drug-likeness (QED) is 0.891. The van der Waals surface area contributed by atoms with Crippen molar-refractivity contribution in [3.8, 4) is 11.5 Å². The van der Waals surface area contributed by atoms with E-state index in [2.05, 4.69) is 4.72 Å². The average Bonchev–Trinajstić information content (AvgIpc) is 3.17. The summed E-state index contributed by atoms with van der Waals surface area (Å²) in [5.41, 5.74) is 2.24. The molecule has 0 saturated heterocycles. The number of amides is 1. The van der Waals surface area contributed by atoms with Crippen molar-refractivity contribution in [1.29, 1.82) is 0 Å². The van der Waals surface area contributed by atoms with Gasteiger partial charge in [-0.05, 0) is 41.5 Å². The van der Waals surface area contributed by atoms with Crippen LogP contribution in [-0.4, -0.2) is 28.2 Å². The molecule has 0 bridgehead atoms. The van der Waals surface area contributed by atoms with E-state index in [1.54, 1.807) is 37.4 Å². The fourth-order valence-electron chi connectivity index (χ4n) is 2.93. The number of carbonyl (C=O) groups is 1. The minimum Gasteiger partial charge on any atom is -0.454 e. The minimum absolute atomic E-state index is 0.0436. The van der Waals surface area contributed by atoms with Crippen molar-refractivity contribution >= 4 is 21.6 Å². The average molecular weight is 360 g/mol. The van der Waals surface area contributed by atoms with E-state index in [-0.39, 0.29) is 30.6 Å². The standard InChI is InChI=1S/C17H16N2O5S/c1-19-14-4-3-13(7-12(14)8-17(19)20)25(21,22)18-9-11-2-5-15-16(6-11)24-10-23-15/h2-7,18H,8-10H2,1H3. The Hall–Kier alpha value is -2.58. The van der Waals surface area contributed by atoms with Crippen LogP contribution >= 0.6 is 0 Å². The second-order valence-electron chi connectivity index (χ2n) is 5.93. The number of benzene rings is 2. The zero-order chi connectivity index (χ0) is 17.6. The third-order valence-electron chi connectivity index (χ3n) is 4.34. The van der Waals surface area contributed by atoms with Crippen LogP contribution in [0.3, 0.4) is 0 Å². The number of rotatable bonds is 4. The number of sulfonamides is 1. The topological polar surface area (TPSA) is 84.9 Å². The van der Waals surface area contributed by atoms with Crippen molar-refractivity contribution in [2.24, 2.45) is 0 Å². The third-order valence-corrected chi connectivity index (χ3v) is 5.74. The molecule has 2 aliphatic rings. The predicted molar refractivity (Wildman–Crippen MR) is 90.1 cm³/mol. The first kappa shape index (κ1) is 15.9. The van der Waals surface area contributed by atoms with Crippen molar-refractivity contribution in [3.63, 3.8) is 0 Å². The maximum Gasteiger partial charge on any atom is 0.240 e. The molecule has 2 aromatic rings. The van der Waals surface area contributed by atoms with Crippen LogP contribution in [0.4, 0.5) is 5.69 Å². The van der Waals surface area contributed by atoms with Gasteiger partial charge in [-0.3, -0.25) is 4.79 Å². The van der Waals surface area contributed by atoms with Gasteiger partial charge in [-0.25, -0.2) is 13.1 Å². The number of hydrogen-bond donors (Lipinski definition) is 1. The summed E-state index contributed by atoms with van der Waals surface area (Å²) in [4.78, 5) is 13.4. The summed E-state index contributed by atoms with van der Waals surface area (Å²) in [6.07, 6.45) is 0.220. The van der Waals surface area contributed by atoms with E-state index in [1.807, 2.05) is 0 Å². The second-order valence-corrected chi connectivity index (χ2v) is 7.70. The number of nitrogens with one attached hydrogen (secondary N) is 1. The van der Waals surface area contributed by atoms with E-state index < -0.39 is 10.0 Å². The highest BCUT2D eigenvalue weighted by atomic mass is 32.2. The zero-order valence-electron chi connectivity index (χ0n) is 13.5. The molecule has 1 N–H and O–H groups in total. The van der Waals surface area contributed by atoms with Crippen LogP contribution in [0.2, 0.25) is 0 Å². The second kappa shape index (κ2) is 5.75. The lowest BCUT2D eigenvalue weighted by Gasteiger charge is -2.11. The van der Waals surface area contributed by atoms with E-state index >= 15 is 0 Å². The van der Waals surface area contributed by atoms with Crippen LogP contribution in [0, 0.1) is 0 Å². The van der Waals surface area contributed by atoms with Gasteiger partial charge < -0.3 is 14.4 Å². The summed E-state index contributed by atoms with van der Waals surface area (Å²) in [5.74, 6) is 1.22. The summed E-state index contributed by atoms with van der Waals surface area (Å²) in [6, 6.07) is 10.0. The van der Waals surface area contributed by atoms with Crippen molar-refractivity contribution in [2.45, 2.75) is 17.9 Å². The Bertz CT molecular complexity index is 971. The largest absolute Gasteiger partial charge is 0.454 e. The van der Waals surface area contributed by atoms with Crippen molar-refractivity contribution < 1.29 is 22.7 Å². The first-order valence-electron chi connectivity index (χ1n) is 7.72. The monoisotopic (exact) mass is 360 g/mol. The van der Waals surface area contributed by atoms with E-state index in [1.165, 1.54) is 11.0 Å². The van der Waals surface area contributed by atoms with Gasteiger partial charge in [-0.1, -0.05) is 6.07 Å². The van der Waals surface area contributed by atoms with Crippen LogP contribution < -0.4 is 19.1 Å². The number of ether oxygens (including phenoxy) is 2. The fourth-order valence-corrected chi connectivity index (χ4v) is 3.99. The Balaban J connectivity index is 1.53. The van der Waals surface area contributed by atoms with Crippen LogP contribution in [-0.2, 0) is 27.8 Å². The lowest BCUT2D eigenvalue weighted by Crippen LogP contribution is -2.23. The maximum atomic E-state index is 12.5. The highest BCUT2D eigenvalue weighted by Gasteiger charge is 2.26. The minimum atomic E-state index is -3.68. The van der Waals surface area contributed by atoms with E-state index in [4.69, 9.17) is 9.47 Å². The molecule has 2 heterocycles. The number of fused-ring (bicyclic) bond motifs is 2. The smallest absolute Gasteiger partial charge is 0.240 e. The van der Waals surface area contributed by atoms with Gasteiger partial charge >= 0.3 is 0 Å². The first-order valence-corrected chi connectivity index (χ1v) is 9.20. The number of hydrogen-bond acceptors (Lipinski definition) is 5. The van der Waals surface area contributed by atoms with Gasteiger partial charge in [0.1, 0.15) is 0 Å². The van der Waals surface area contributed by atoms with Gasteiger partial charge in [-0.15, -0.1) is 0 Å². The molecule has 0 fully saturated rings. The highest BCUT2D eigenvalue weighted by Crippen LogP contribution is 2.33. The van der Waals surface area contributed by atoms with Gasteiger partial charge in [0, 0.05) is 19.3 Å². The lowest BCUT2D eigenvalue weighted by atomic mass is 10.2. The SMILES string of the molecule is CN1C(=O)Cc2cc(S(=O)(=O)NCc3ccc4c(c3)OCO4)ccc21. The lowest BCUT2D eigenvalue weighted by molar-refractivity contribution is -0.117. The molecule has 0 saturated carbocycles. The molecule has 25 heavy (non-hydrogen) atoms. The molecule has 0 aliphatic carbocycles. The van der Waals surface area contributed by atoms with Gasteiger partial charge in [0.25, 0.3) is 0 Å². The van der Waals surface area contributed by atoms with Gasteiger partial charge in [0.15, 0.2) is 11.5 Å². The van der Waals surface area contributed by atoms with Gasteiger partial charge in [-0.2, -0.15) is 0 Å². The summed E-state index contributed by atoms with van der Waals surface area (Å²) < 4.78 is 38.2. The number of anilines is 1. The third kappa shape index (κ3) is 2.83. The molecular weight excluding hydrogens is 344 g/mol. The molecule has 0 aromatic heterocycles. The molecule has 8 heteroatoms. The Morgan fingerprint density at radius 1 is 1.12 bits per heavy atom. The molecule has 2 aliphatic heterocycles. The number of carbonyl (C=O) groups excluding carboxylic acids is 1. The molecule has 0 atom stereocenters. The first-order chi connectivity index (χ1) is 11.9. The molecule has 1 amide bonds. The molecule has 0 spiro atoms. The van der Waals surface area contributed by atoms with Crippen LogP contribution in [0.5, 0.6) is 11.5 Å². The maximum absolute atomic E-state index is 12.5. The highest BCUT2D eigenvalue weighted by molar-refractivity contribution is 7.89. The summed E-state index contributed by atoms with van der Waals surface area (Å²) in [7, 11) is -2.00. The number of nitrogens with zero attached hydrogens (tertiary/aromatic N) is 1. The Kier molecular flexibility index (Phi) is 3.66. The molecule has 0 unspecified atom stereocenters. The Labute approximate surface area is 145 Å². The van der Waals surface area contributed by atoms with Crippen molar-refractivity contribution in [2.75, 3.05) is 18.7 Å². The normalized spacial score (nSPS) is 15.6. The molecular formula is C17H16N2O5S. The van der Waals surface area contributed by atoms with Crippen LogP contribution in [0.1, 0.15) is 11.1 Å². The molecule has 7 nitrogen and oxygen atoms in total. The summed E-state index contributed by atoms with van der Waals surface area (Å²) in [6.45, 7) is 0.307. The van der Waals surface area contributed by atoms with Gasteiger partial charge in [0.05, 0.1) is 11.3 Å². The predicted octanol–water partition coefficient (Wildman–Crippen LogP) is 1.41. The summed E-state index contributed by atoms with van der Waals surface area (Å²) >= 11 is 0. The van der Waals surface area contributed by atoms with Crippen LogP contribution in [0.15, 0.2) is 41.3 Å². The van der Waals surface area contributed by atoms with Crippen LogP contribution in [0.25, 0.3) is 0 Å².